The van der Waals surface area contributed by atoms with Gasteiger partial charge in [-0.15, -0.1) is 0 Å². The van der Waals surface area contributed by atoms with Crippen molar-refractivity contribution in [1.82, 2.24) is 4.98 Å². The largest absolute Gasteiger partial charge is 0.489 e. The van der Waals surface area contributed by atoms with Gasteiger partial charge in [-0.2, -0.15) is 5.26 Å². The average molecular weight is 204 g/mol. The molecule has 0 atom stereocenters. The van der Waals surface area contributed by atoms with Crippen LogP contribution >= 0.6 is 0 Å². The number of rotatable bonds is 3. The maximum absolute atomic E-state index is 10.8. The molecule has 0 spiro atoms. The van der Waals surface area contributed by atoms with Crippen LogP contribution in [0.15, 0.2) is 12.3 Å². The minimum absolute atomic E-state index is 0.000833. The van der Waals surface area contributed by atoms with Gasteiger partial charge in [0.1, 0.15) is 23.1 Å². The van der Waals surface area contributed by atoms with Crippen molar-refractivity contribution in [2.75, 3.05) is 0 Å². The van der Waals surface area contributed by atoms with Crippen molar-refractivity contribution in [3.63, 3.8) is 0 Å². The Morgan fingerprint density at radius 2 is 2.40 bits per heavy atom. The predicted molar refractivity (Wildman–Crippen MR) is 49.6 cm³/mol. The summed E-state index contributed by atoms with van der Waals surface area (Å²) in [7, 11) is 0. The summed E-state index contributed by atoms with van der Waals surface area (Å²) >= 11 is 0. The molecule has 0 saturated heterocycles. The van der Waals surface area contributed by atoms with Gasteiger partial charge in [0.25, 0.3) is 0 Å². The van der Waals surface area contributed by atoms with E-state index in [1.807, 2.05) is 6.07 Å². The highest BCUT2D eigenvalue weighted by molar-refractivity contribution is 5.90. The van der Waals surface area contributed by atoms with Crippen LogP contribution in [0.2, 0.25) is 0 Å². The molecular formula is C10H8N2O3. The van der Waals surface area contributed by atoms with E-state index in [9.17, 15) is 4.79 Å². The zero-order valence-corrected chi connectivity index (χ0v) is 7.80. The number of aromatic nitrogens is 1. The van der Waals surface area contributed by atoms with Gasteiger partial charge in [-0.1, -0.05) is 0 Å². The fraction of sp³-hybridized carbons (Fsp3) is 0.300. The van der Waals surface area contributed by atoms with Crippen LogP contribution in [0.3, 0.4) is 0 Å². The van der Waals surface area contributed by atoms with Gasteiger partial charge in [0.15, 0.2) is 0 Å². The highest BCUT2D eigenvalue weighted by Gasteiger charge is 2.26. The summed E-state index contributed by atoms with van der Waals surface area (Å²) in [6, 6.07) is 3.21. The van der Waals surface area contributed by atoms with Crippen molar-refractivity contribution in [3.8, 4) is 11.8 Å². The van der Waals surface area contributed by atoms with Crippen molar-refractivity contribution >= 4 is 5.97 Å². The Balaban J connectivity index is 2.36. The molecule has 0 unspecified atom stereocenters. The molecule has 1 saturated carbocycles. The molecule has 76 valence electrons. The standard InChI is InChI=1S/C10H8N2O3/c11-4-6-3-9(15-7-1-2-7)8(5-12-6)10(13)14/h3,5,7H,1-2H2,(H,13,14). The molecule has 5 nitrogen and oxygen atoms in total. The summed E-state index contributed by atoms with van der Waals surface area (Å²) in [6.45, 7) is 0. The maximum atomic E-state index is 10.8. The van der Waals surface area contributed by atoms with E-state index >= 15 is 0 Å². The Kier molecular flexibility index (Phi) is 2.26. The molecule has 2 rings (SSSR count). The molecule has 1 heterocycles. The number of hydrogen-bond acceptors (Lipinski definition) is 4. The SMILES string of the molecule is N#Cc1cc(OC2CC2)c(C(=O)O)cn1. The quantitative estimate of drug-likeness (QED) is 0.799. The highest BCUT2D eigenvalue weighted by atomic mass is 16.5. The van der Waals surface area contributed by atoms with Crippen LogP contribution in [-0.2, 0) is 0 Å². The third kappa shape index (κ3) is 2.05. The smallest absolute Gasteiger partial charge is 0.341 e. The predicted octanol–water partition coefficient (Wildman–Crippen LogP) is 1.19. The number of carboxylic acids is 1. The van der Waals surface area contributed by atoms with E-state index in [1.54, 1.807) is 0 Å². The number of hydrogen-bond donors (Lipinski definition) is 1. The van der Waals surface area contributed by atoms with E-state index in [1.165, 1.54) is 6.07 Å². The molecule has 1 aliphatic rings. The topological polar surface area (TPSA) is 83.2 Å². The number of carbonyl (C=O) groups is 1. The number of aromatic carboxylic acids is 1. The molecule has 15 heavy (non-hydrogen) atoms. The normalized spacial score (nSPS) is 14.3. The van der Waals surface area contributed by atoms with E-state index in [4.69, 9.17) is 15.1 Å². The van der Waals surface area contributed by atoms with Crippen LogP contribution in [0.25, 0.3) is 0 Å². The second-order valence-corrected chi connectivity index (χ2v) is 3.30. The molecule has 0 bridgehead atoms. The Morgan fingerprint density at radius 3 is 2.93 bits per heavy atom. The zero-order valence-electron chi connectivity index (χ0n) is 7.80. The number of pyridine rings is 1. The first-order valence-electron chi connectivity index (χ1n) is 4.51. The molecule has 0 aromatic carbocycles. The first kappa shape index (κ1) is 9.46. The average Bonchev–Trinajstić information content (AvgIpc) is 3.01. The summed E-state index contributed by atoms with van der Waals surface area (Å²) in [6.07, 6.45) is 3.11. The summed E-state index contributed by atoms with van der Waals surface area (Å²) in [5, 5.41) is 17.5. The monoisotopic (exact) mass is 204 g/mol. The van der Waals surface area contributed by atoms with Gasteiger partial charge in [0.2, 0.25) is 0 Å². The Bertz CT molecular complexity index is 446. The summed E-state index contributed by atoms with van der Waals surface area (Å²) in [4.78, 5) is 14.5. The first-order valence-corrected chi connectivity index (χ1v) is 4.51. The molecule has 1 aromatic rings. The molecule has 1 aliphatic carbocycles. The maximum Gasteiger partial charge on any atom is 0.341 e. The second-order valence-electron chi connectivity index (χ2n) is 3.30. The Labute approximate surface area is 85.9 Å². The van der Waals surface area contributed by atoms with E-state index in [-0.39, 0.29) is 23.1 Å². The number of carboxylic acid groups (broad SMARTS) is 1. The van der Waals surface area contributed by atoms with E-state index in [2.05, 4.69) is 4.98 Å². The lowest BCUT2D eigenvalue weighted by Gasteiger charge is -2.07. The number of nitrogens with zero attached hydrogens (tertiary/aromatic N) is 2. The van der Waals surface area contributed by atoms with Crippen molar-refractivity contribution in [3.05, 3.63) is 23.5 Å². The molecule has 0 aliphatic heterocycles. The van der Waals surface area contributed by atoms with E-state index in [0.717, 1.165) is 19.0 Å². The number of nitriles is 1. The van der Waals surface area contributed by atoms with Gasteiger partial charge in [0, 0.05) is 12.3 Å². The van der Waals surface area contributed by atoms with Gasteiger partial charge >= 0.3 is 5.97 Å². The summed E-state index contributed by atoms with van der Waals surface area (Å²) < 4.78 is 5.39. The Hall–Kier alpha value is -2.09. The van der Waals surface area contributed by atoms with Crippen LogP contribution in [0.5, 0.6) is 5.75 Å². The first-order chi connectivity index (χ1) is 7.20. The Morgan fingerprint density at radius 1 is 1.67 bits per heavy atom. The molecule has 1 fully saturated rings. The molecular weight excluding hydrogens is 196 g/mol. The number of ether oxygens (including phenoxy) is 1. The van der Waals surface area contributed by atoms with E-state index < -0.39 is 5.97 Å². The van der Waals surface area contributed by atoms with Gasteiger partial charge in [-0.25, -0.2) is 9.78 Å². The lowest BCUT2D eigenvalue weighted by Crippen LogP contribution is -2.06. The molecule has 1 N–H and O–H groups in total. The summed E-state index contributed by atoms with van der Waals surface area (Å²) in [5.74, 6) is -0.862. The van der Waals surface area contributed by atoms with E-state index in [0.29, 0.717) is 0 Å². The highest BCUT2D eigenvalue weighted by Crippen LogP contribution is 2.29. The second kappa shape index (κ2) is 3.58. The third-order valence-corrected chi connectivity index (χ3v) is 2.03. The van der Waals surface area contributed by atoms with Gasteiger partial charge in [-0.3, -0.25) is 0 Å². The minimum atomic E-state index is -1.09. The molecule has 5 heteroatoms. The van der Waals surface area contributed by atoms with Gasteiger partial charge in [-0.05, 0) is 12.8 Å². The van der Waals surface area contributed by atoms with Crippen LogP contribution < -0.4 is 4.74 Å². The van der Waals surface area contributed by atoms with Gasteiger partial charge < -0.3 is 9.84 Å². The van der Waals surface area contributed by atoms with Crippen molar-refractivity contribution in [2.45, 2.75) is 18.9 Å². The fourth-order valence-electron chi connectivity index (χ4n) is 1.12. The molecule has 0 amide bonds. The summed E-state index contributed by atoms with van der Waals surface area (Å²) in [5.41, 5.74) is 0.163. The van der Waals surface area contributed by atoms with Crippen molar-refractivity contribution in [1.29, 1.82) is 5.26 Å². The van der Waals surface area contributed by atoms with Crippen LogP contribution in [0.4, 0.5) is 0 Å². The lowest BCUT2D eigenvalue weighted by molar-refractivity contribution is 0.0691. The molecule has 0 radical (unpaired) electrons. The van der Waals surface area contributed by atoms with Crippen LogP contribution in [0, 0.1) is 11.3 Å². The van der Waals surface area contributed by atoms with Crippen molar-refractivity contribution < 1.29 is 14.6 Å². The zero-order chi connectivity index (χ0) is 10.8. The minimum Gasteiger partial charge on any atom is -0.489 e. The third-order valence-electron chi connectivity index (χ3n) is 2.03. The van der Waals surface area contributed by atoms with Gasteiger partial charge in [0.05, 0.1) is 6.10 Å². The molecule has 1 aromatic heterocycles. The lowest BCUT2D eigenvalue weighted by atomic mass is 10.2. The fourth-order valence-corrected chi connectivity index (χ4v) is 1.12. The van der Waals surface area contributed by atoms with Crippen LogP contribution in [-0.4, -0.2) is 22.2 Å². The van der Waals surface area contributed by atoms with Crippen LogP contribution in [0.1, 0.15) is 28.9 Å². The van der Waals surface area contributed by atoms with Crippen molar-refractivity contribution in [2.24, 2.45) is 0 Å².